The topological polar surface area (TPSA) is 90.9 Å². The summed E-state index contributed by atoms with van der Waals surface area (Å²) in [5, 5.41) is 12.3. The second-order valence-electron chi connectivity index (χ2n) is 4.13. The van der Waals surface area contributed by atoms with Crippen molar-refractivity contribution in [3.8, 4) is 5.88 Å². The number of nitrogens with two attached hydrogens (primary N) is 1. The van der Waals surface area contributed by atoms with Crippen molar-refractivity contribution in [2.45, 2.75) is 25.9 Å². The van der Waals surface area contributed by atoms with Crippen LogP contribution >= 0.6 is 0 Å². The Morgan fingerprint density at radius 3 is 2.79 bits per heavy atom. The zero-order chi connectivity index (χ0) is 13.7. The summed E-state index contributed by atoms with van der Waals surface area (Å²) in [5.41, 5.74) is 4.62. The molecule has 0 radical (unpaired) electrons. The lowest BCUT2D eigenvalue weighted by atomic mass is 10.1. The summed E-state index contributed by atoms with van der Waals surface area (Å²) in [6.45, 7) is 2.90. The summed E-state index contributed by atoms with van der Waals surface area (Å²) in [4.78, 5) is 0. The normalized spacial score (nSPS) is 12.4. The van der Waals surface area contributed by atoms with Gasteiger partial charge < -0.3 is 4.74 Å². The molecular weight excluding hydrogens is 244 g/mol. The SMILES string of the molecule is CCn1cc(CC(NN)c2ccc(OC)nn2)cn1. The molecule has 102 valence electrons. The lowest BCUT2D eigenvalue weighted by molar-refractivity contribution is 0.389. The maximum atomic E-state index is 5.59. The minimum atomic E-state index is -0.104. The van der Waals surface area contributed by atoms with E-state index in [1.807, 2.05) is 30.1 Å². The highest BCUT2D eigenvalue weighted by atomic mass is 16.5. The maximum absolute atomic E-state index is 5.59. The van der Waals surface area contributed by atoms with E-state index in [1.54, 1.807) is 13.2 Å². The van der Waals surface area contributed by atoms with E-state index < -0.39 is 0 Å². The predicted octanol–water partition coefficient (Wildman–Crippen LogP) is 0.449. The molecule has 0 aliphatic rings. The lowest BCUT2D eigenvalue weighted by Crippen LogP contribution is -2.30. The van der Waals surface area contributed by atoms with E-state index in [9.17, 15) is 0 Å². The predicted molar refractivity (Wildman–Crippen MR) is 70.3 cm³/mol. The molecule has 1 unspecified atom stereocenters. The monoisotopic (exact) mass is 262 g/mol. The Labute approximate surface area is 111 Å². The fourth-order valence-corrected chi connectivity index (χ4v) is 1.79. The Balaban J connectivity index is 2.10. The summed E-state index contributed by atoms with van der Waals surface area (Å²) in [7, 11) is 1.56. The van der Waals surface area contributed by atoms with Crippen LogP contribution in [0.4, 0.5) is 0 Å². The number of ether oxygens (including phenoxy) is 1. The summed E-state index contributed by atoms with van der Waals surface area (Å²) < 4.78 is 6.86. The van der Waals surface area contributed by atoms with E-state index in [-0.39, 0.29) is 6.04 Å². The van der Waals surface area contributed by atoms with Crippen LogP contribution in [0.5, 0.6) is 5.88 Å². The van der Waals surface area contributed by atoms with Crippen LogP contribution in [-0.4, -0.2) is 27.1 Å². The summed E-state index contributed by atoms with van der Waals surface area (Å²) in [6.07, 6.45) is 4.55. The third kappa shape index (κ3) is 3.27. The number of hydrogen-bond donors (Lipinski definition) is 2. The van der Waals surface area contributed by atoms with Gasteiger partial charge in [-0.05, 0) is 25.0 Å². The molecule has 2 heterocycles. The molecular formula is C12H18N6O. The summed E-state index contributed by atoms with van der Waals surface area (Å²) >= 11 is 0. The Bertz CT molecular complexity index is 509. The Morgan fingerprint density at radius 1 is 1.42 bits per heavy atom. The molecule has 2 rings (SSSR count). The Kier molecular flexibility index (Phi) is 4.43. The smallest absolute Gasteiger partial charge is 0.233 e. The van der Waals surface area contributed by atoms with Crippen molar-refractivity contribution >= 4 is 0 Å². The molecule has 0 amide bonds. The second-order valence-corrected chi connectivity index (χ2v) is 4.13. The third-order valence-electron chi connectivity index (χ3n) is 2.88. The number of nitrogens with one attached hydrogen (secondary N) is 1. The van der Waals surface area contributed by atoms with Gasteiger partial charge in [-0.15, -0.1) is 5.10 Å². The van der Waals surface area contributed by atoms with Gasteiger partial charge in [0.15, 0.2) is 0 Å². The van der Waals surface area contributed by atoms with E-state index in [0.717, 1.165) is 17.8 Å². The average Bonchev–Trinajstić information content (AvgIpc) is 2.92. The molecule has 3 N–H and O–H groups in total. The lowest BCUT2D eigenvalue weighted by Gasteiger charge is -2.13. The standard InChI is InChI=1S/C12H18N6O/c1-3-18-8-9(7-14-18)6-11(15-13)10-4-5-12(19-2)17-16-10/h4-5,7-8,11,15H,3,6,13H2,1-2H3. The van der Waals surface area contributed by atoms with E-state index in [0.29, 0.717) is 12.3 Å². The molecule has 0 aliphatic carbocycles. The Morgan fingerprint density at radius 2 is 2.26 bits per heavy atom. The van der Waals surface area contributed by atoms with Gasteiger partial charge in [-0.25, -0.2) is 0 Å². The number of rotatable bonds is 6. The number of nitrogens with zero attached hydrogens (tertiary/aromatic N) is 4. The van der Waals surface area contributed by atoms with Crippen LogP contribution in [0, 0.1) is 0 Å². The van der Waals surface area contributed by atoms with Crippen LogP contribution in [0.3, 0.4) is 0 Å². The highest BCUT2D eigenvalue weighted by Gasteiger charge is 2.14. The molecule has 0 bridgehead atoms. The minimum Gasteiger partial charge on any atom is -0.480 e. The molecule has 0 saturated carbocycles. The van der Waals surface area contributed by atoms with Crippen LogP contribution in [0.15, 0.2) is 24.5 Å². The van der Waals surface area contributed by atoms with E-state index in [2.05, 4.69) is 20.7 Å². The van der Waals surface area contributed by atoms with Crippen LogP contribution < -0.4 is 16.0 Å². The number of methoxy groups -OCH3 is 1. The highest BCUT2D eigenvalue weighted by molar-refractivity contribution is 5.17. The van der Waals surface area contributed by atoms with Gasteiger partial charge in [-0.2, -0.15) is 10.2 Å². The highest BCUT2D eigenvalue weighted by Crippen LogP contribution is 2.16. The third-order valence-corrected chi connectivity index (χ3v) is 2.88. The largest absolute Gasteiger partial charge is 0.480 e. The average molecular weight is 262 g/mol. The summed E-state index contributed by atoms with van der Waals surface area (Å²) in [6, 6.07) is 3.51. The fourth-order valence-electron chi connectivity index (χ4n) is 1.79. The van der Waals surface area contributed by atoms with Gasteiger partial charge in [0.1, 0.15) is 0 Å². The van der Waals surface area contributed by atoms with Gasteiger partial charge in [0.05, 0.1) is 25.0 Å². The van der Waals surface area contributed by atoms with Gasteiger partial charge in [0.2, 0.25) is 5.88 Å². The van der Waals surface area contributed by atoms with Crippen molar-refractivity contribution < 1.29 is 4.74 Å². The molecule has 7 nitrogen and oxygen atoms in total. The van der Waals surface area contributed by atoms with Gasteiger partial charge in [-0.1, -0.05) is 0 Å². The van der Waals surface area contributed by atoms with Crippen molar-refractivity contribution in [2.24, 2.45) is 5.84 Å². The second kappa shape index (κ2) is 6.26. The van der Waals surface area contributed by atoms with Crippen LogP contribution in [0.25, 0.3) is 0 Å². The molecule has 0 saturated heterocycles. The molecule has 19 heavy (non-hydrogen) atoms. The first-order chi connectivity index (χ1) is 9.26. The first kappa shape index (κ1) is 13.4. The first-order valence-corrected chi connectivity index (χ1v) is 6.12. The zero-order valence-electron chi connectivity index (χ0n) is 11.1. The molecule has 2 aromatic rings. The molecule has 1 atom stereocenters. The minimum absolute atomic E-state index is 0.104. The molecule has 0 spiro atoms. The first-order valence-electron chi connectivity index (χ1n) is 6.12. The number of hydrazine groups is 1. The number of hydrogen-bond acceptors (Lipinski definition) is 6. The summed E-state index contributed by atoms with van der Waals surface area (Å²) in [5.74, 6) is 6.07. The van der Waals surface area contributed by atoms with E-state index in [1.165, 1.54) is 0 Å². The molecule has 0 fully saturated rings. The van der Waals surface area contributed by atoms with E-state index in [4.69, 9.17) is 10.6 Å². The molecule has 7 heteroatoms. The van der Waals surface area contributed by atoms with Crippen LogP contribution in [0.2, 0.25) is 0 Å². The van der Waals surface area contributed by atoms with E-state index >= 15 is 0 Å². The van der Waals surface area contributed by atoms with Crippen molar-refractivity contribution in [1.29, 1.82) is 0 Å². The van der Waals surface area contributed by atoms with Gasteiger partial charge >= 0.3 is 0 Å². The molecule has 0 aliphatic heterocycles. The fraction of sp³-hybridized carbons (Fsp3) is 0.417. The van der Waals surface area contributed by atoms with Crippen molar-refractivity contribution in [3.05, 3.63) is 35.8 Å². The van der Waals surface area contributed by atoms with Crippen molar-refractivity contribution in [2.75, 3.05) is 7.11 Å². The maximum Gasteiger partial charge on any atom is 0.233 e. The zero-order valence-corrected chi connectivity index (χ0v) is 11.1. The number of aryl methyl sites for hydroxylation is 1. The van der Waals surface area contributed by atoms with Gasteiger partial charge in [0, 0.05) is 18.8 Å². The molecule has 2 aromatic heterocycles. The quantitative estimate of drug-likeness (QED) is 0.580. The number of aromatic nitrogens is 4. The molecule has 0 aromatic carbocycles. The van der Waals surface area contributed by atoms with Crippen molar-refractivity contribution in [1.82, 2.24) is 25.4 Å². The van der Waals surface area contributed by atoms with Crippen LogP contribution in [-0.2, 0) is 13.0 Å². The van der Waals surface area contributed by atoms with Gasteiger partial charge in [-0.3, -0.25) is 16.0 Å². The van der Waals surface area contributed by atoms with Crippen molar-refractivity contribution in [3.63, 3.8) is 0 Å². The Hall–Kier alpha value is -1.99. The van der Waals surface area contributed by atoms with Crippen LogP contribution in [0.1, 0.15) is 24.2 Å². The van der Waals surface area contributed by atoms with Gasteiger partial charge in [0.25, 0.3) is 0 Å².